The Morgan fingerprint density at radius 2 is 2.08 bits per heavy atom. The number of alkyl halides is 3. The molecule has 10 heteroatoms. The summed E-state index contributed by atoms with van der Waals surface area (Å²) in [5, 5.41) is 3.14. The van der Waals surface area contributed by atoms with E-state index in [2.05, 4.69) is 15.3 Å². The molecule has 2 aromatic rings. The zero-order chi connectivity index (χ0) is 18.7. The van der Waals surface area contributed by atoms with E-state index in [9.17, 15) is 22.8 Å². The van der Waals surface area contributed by atoms with Crippen LogP contribution in [0.15, 0.2) is 30.7 Å². The summed E-state index contributed by atoms with van der Waals surface area (Å²) in [6.07, 6.45) is 0.848. The molecule has 0 aromatic carbocycles. The molecule has 0 spiro atoms. The van der Waals surface area contributed by atoms with Gasteiger partial charge in [0.05, 0.1) is 6.20 Å². The third kappa shape index (κ3) is 4.37. The highest BCUT2D eigenvalue weighted by atomic mass is 32.1. The molecular formula is C16H15F3N4O2S. The van der Waals surface area contributed by atoms with E-state index in [0.717, 1.165) is 21.8 Å². The fraction of sp³-hybridized carbons (Fsp3) is 0.375. The van der Waals surface area contributed by atoms with Crippen molar-refractivity contribution in [2.24, 2.45) is 0 Å². The van der Waals surface area contributed by atoms with Gasteiger partial charge in [0.25, 0.3) is 5.91 Å². The molecule has 0 saturated carbocycles. The molecule has 138 valence electrons. The molecule has 26 heavy (non-hydrogen) atoms. The standard InChI is InChI=1S/C16H15F3N4O2S/c17-16(18,19)9-23-7-1-2-11(15(23)25)22-13(24)12-8-21-14(26-12)10-3-5-20-6-4-10/h3-6,8,11H,1-2,7,9H2,(H,22,24)/t11-/m0/s1. The first-order chi connectivity index (χ1) is 12.3. The maximum absolute atomic E-state index is 12.5. The highest BCUT2D eigenvalue weighted by molar-refractivity contribution is 7.16. The van der Waals surface area contributed by atoms with E-state index >= 15 is 0 Å². The predicted molar refractivity (Wildman–Crippen MR) is 88.5 cm³/mol. The number of piperidine rings is 1. The quantitative estimate of drug-likeness (QED) is 0.879. The lowest BCUT2D eigenvalue weighted by Crippen LogP contribution is -2.54. The zero-order valence-corrected chi connectivity index (χ0v) is 14.3. The van der Waals surface area contributed by atoms with E-state index in [-0.39, 0.29) is 11.4 Å². The van der Waals surface area contributed by atoms with E-state index < -0.39 is 30.6 Å². The molecule has 2 aromatic heterocycles. The van der Waals surface area contributed by atoms with Crippen molar-refractivity contribution in [2.45, 2.75) is 25.1 Å². The number of likely N-dealkylation sites (tertiary alicyclic amines) is 1. The van der Waals surface area contributed by atoms with Crippen LogP contribution in [0.2, 0.25) is 0 Å². The third-order valence-electron chi connectivity index (χ3n) is 3.86. The predicted octanol–water partition coefficient (Wildman–Crippen LogP) is 2.49. The molecule has 1 atom stereocenters. The van der Waals surface area contributed by atoms with E-state index in [1.165, 1.54) is 6.20 Å². The number of halogens is 3. The molecule has 3 heterocycles. The maximum atomic E-state index is 12.5. The second-order valence-corrected chi connectivity index (χ2v) is 6.84. The molecule has 0 bridgehead atoms. The van der Waals surface area contributed by atoms with E-state index in [1.807, 2.05) is 0 Å². The average Bonchev–Trinajstić information content (AvgIpc) is 3.08. The first-order valence-corrected chi connectivity index (χ1v) is 8.68. The highest BCUT2D eigenvalue weighted by Crippen LogP contribution is 2.25. The number of nitrogens with zero attached hydrogens (tertiary/aromatic N) is 3. The van der Waals surface area contributed by atoms with Crippen LogP contribution in [0.3, 0.4) is 0 Å². The van der Waals surface area contributed by atoms with Crippen LogP contribution in [0, 0.1) is 0 Å². The summed E-state index contributed by atoms with van der Waals surface area (Å²) in [5.41, 5.74) is 0.800. The van der Waals surface area contributed by atoms with Gasteiger partial charge < -0.3 is 10.2 Å². The number of amides is 2. The van der Waals surface area contributed by atoms with Gasteiger partial charge in [0.2, 0.25) is 5.91 Å². The van der Waals surface area contributed by atoms with Crippen molar-refractivity contribution >= 4 is 23.2 Å². The molecule has 1 fully saturated rings. The number of thiazole rings is 1. The van der Waals surface area contributed by atoms with Crippen LogP contribution in [-0.2, 0) is 4.79 Å². The van der Waals surface area contributed by atoms with Gasteiger partial charge in [-0.1, -0.05) is 0 Å². The van der Waals surface area contributed by atoms with Crippen molar-refractivity contribution in [1.82, 2.24) is 20.2 Å². The van der Waals surface area contributed by atoms with Gasteiger partial charge in [0.15, 0.2) is 0 Å². The first kappa shape index (κ1) is 18.3. The van der Waals surface area contributed by atoms with Gasteiger partial charge in [0.1, 0.15) is 22.5 Å². The summed E-state index contributed by atoms with van der Waals surface area (Å²) < 4.78 is 37.6. The van der Waals surface area contributed by atoms with E-state index in [4.69, 9.17) is 0 Å². The SMILES string of the molecule is O=C(N[C@H]1CCCN(CC(F)(F)F)C1=O)c1cnc(-c2ccncc2)s1. The van der Waals surface area contributed by atoms with Crippen LogP contribution < -0.4 is 5.32 Å². The summed E-state index contributed by atoms with van der Waals surface area (Å²) >= 11 is 1.14. The van der Waals surface area contributed by atoms with Gasteiger partial charge in [-0.2, -0.15) is 13.2 Å². The molecule has 1 N–H and O–H groups in total. The number of pyridine rings is 1. The Morgan fingerprint density at radius 3 is 2.77 bits per heavy atom. The summed E-state index contributed by atoms with van der Waals surface area (Å²) in [7, 11) is 0. The van der Waals surface area contributed by atoms with Crippen molar-refractivity contribution in [2.75, 3.05) is 13.1 Å². The van der Waals surface area contributed by atoms with Crippen LogP contribution in [0.4, 0.5) is 13.2 Å². The Bertz CT molecular complexity index is 794. The number of hydrogen-bond acceptors (Lipinski definition) is 5. The minimum absolute atomic E-state index is 0.0391. The number of rotatable bonds is 4. The van der Waals surface area contributed by atoms with Crippen molar-refractivity contribution in [3.8, 4) is 10.6 Å². The Morgan fingerprint density at radius 1 is 1.35 bits per heavy atom. The Balaban J connectivity index is 1.66. The normalized spacial score (nSPS) is 18.0. The van der Waals surface area contributed by atoms with Crippen LogP contribution in [0.1, 0.15) is 22.5 Å². The molecule has 2 amide bonds. The van der Waals surface area contributed by atoms with Crippen molar-refractivity contribution in [1.29, 1.82) is 0 Å². The number of carbonyl (C=O) groups excluding carboxylic acids is 2. The maximum Gasteiger partial charge on any atom is 0.406 e. The second-order valence-electron chi connectivity index (χ2n) is 5.81. The van der Waals surface area contributed by atoms with E-state index in [1.54, 1.807) is 24.5 Å². The minimum Gasteiger partial charge on any atom is -0.339 e. The summed E-state index contributed by atoms with van der Waals surface area (Å²) in [6, 6.07) is 2.55. The van der Waals surface area contributed by atoms with Crippen LogP contribution >= 0.6 is 11.3 Å². The minimum atomic E-state index is -4.46. The number of hydrogen-bond donors (Lipinski definition) is 1. The Labute approximate surface area is 151 Å². The number of carbonyl (C=O) groups is 2. The lowest BCUT2D eigenvalue weighted by molar-refractivity contribution is -0.164. The summed E-state index contributed by atoms with van der Waals surface area (Å²) in [5.74, 6) is -1.23. The molecule has 3 rings (SSSR count). The van der Waals surface area contributed by atoms with Gasteiger partial charge in [-0.3, -0.25) is 14.6 Å². The largest absolute Gasteiger partial charge is 0.406 e. The average molecular weight is 384 g/mol. The first-order valence-electron chi connectivity index (χ1n) is 7.86. The fourth-order valence-corrected chi connectivity index (χ4v) is 3.51. The monoisotopic (exact) mass is 384 g/mol. The fourth-order valence-electron chi connectivity index (χ4n) is 2.68. The summed E-state index contributed by atoms with van der Waals surface area (Å²) in [4.78, 5) is 33.6. The third-order valence-corrected chi connectivity index (χ3v) is 4.91. The van der Waals surface area contributed by atoms with Gasteiger partial charge in [-0.15, -0.1) is 11.3 Å². The van der Waals surface area contributed by atoms with Crippen molar-refractivity contribution < 1.29 is 22.8 Å². The molecule has 0 radical (unpaired) electrons. The van der Waals surface area contributed by atoms with Crippen molar-refractivity contribution in [3.05, 3.63) is 35.6 Å². The molecule has 0 aliphatic carbocycles. The van der Waals surface area contributed by atoms with Gasteiger partial charge in [0, 0.05) is 24.5 Å². The van der Waals surface area contributed by atoms with Crippen LogP contribution in [0.5, 0.6) is 0 Å². The smallest absolute Gasteiger partial charge is 0.339 e. The second kappa shape index (κ2) is 7.40. The molecule has 1 aliphatic rings. The topological polar surface area (TPSA) is 75.2 Å². The number of aromatic nitrogens is 2. The van der Waals surface area contributed by atoms with Gasteiger partial charge in [-0.25, -0.2) is 4.98 Å². The molecule has 0 unspecified atom stereocenters. The molecule has 6 nitrogen and oxygen atoms in total. The lowest BCUT2D eigenvalue weighted by atomic mass is 10.0. The lowest BCUT2D eigenvalue weighted by Gasteiger charge is -2.32. The van der Waals surface area contributed by atoms with Crippen molar-refractivity contribution in [3.63, 3.8) is 0 Å². The van der Waals surface area contributed by atoms with Crippen LogP contribution in [0.25, 0.3) is 10.6 Å². The Kier molecular flexibility index (Phi) is 5.21. The number of nitrogens with one attached hydrogen (secondary N) is 1. The summed E-state index contributed by atoms with van der Waals surface area (Å²) in [6.45, 7) is -1.26. The zero-order valence-electron chi connectivity index (χ0n) is 13.5. The molecule has 1 aliphatic heterocycles. The van der Waals surface area contributed by atoms with Gasteiger partial charge in [-0.05, 0) is 25.0 Å². The highest BCUT2D eigenvalue weighted by Gasteiger charge is 2.38. The molecule has 1 saturated heterocycles. The molecular weight excluding hydrogens is 369 g/mol. The van der Waals surface area contributed by atoms with Gasteiger partial charge >= 0.3 is 6.18 Å². The van der Waals surface area contributed by atoms with E-state index in [0.29, 0.717) is 17.8 Å². The Hall–Kier alpha value is -2.49. The van der Waals surface area contributed by atoms with Crippen LogP contribution in [-0.4, -0.2) is 52.0 Å².